The van der Waals surface area contributed by atoms with Crippen molar-refractivity contribution in [1.29, 1.82) is 0 Å². The van der Waals surface area contributed by atoms with Gasteiger partial charge in [0.05, 0.1) is 7.11 Å². The molecular formula is C13H18N2O4. The third kappa shape index (κ3) is 3.67. The molecule has 0 bridgehead atoms. The highest BCUT2D eigenvalue weighted by Gasteiger charge is 2.26. The molecule has 0 aliphatic rings. The van der Waals surface area contributed by atoms with Crippen molar-refractivity contribution in [3.05, 3.63) is 33.7 Å². The highest BCUT2D eigenvalue weighted by Crippen LogP contribution is 2.04. The maximum Gasteiger partial charge on any atom is 0.328 e. The standard InChI is InChI=1S/C13H18N2O4/c1-7(2)11(13(18)19-4)15-12(17)9-6-14-8(3)5-10(9)16/h5-7,11H,1-4H3,(H,14,16)(H,15,17)/t11-/m0/s1. The third-order valence-electron chi connectivity index (χ3n) is 2.71. The second kappa shape index (κ2) is 6.17. The van der Waals surface area contributed by atoms with Crippen molar-refractivity contribution >= 4 is 11.9 Å². The van der Waals surface area contributed by atoms with E-state index in [1.165, 1.54) is 19.4 Å². The first kappa shape index (κ1) is 14.9. The van der Waals surface area contributed by atoms with E-state index in [9.17, 15) is 14.4 Å². The average Bonchev–Trinajstić information content (AvgIpc) is 2.34. The van der Waals surface area contributed by atoms with Crippen LogP contribution in [0.2, 0.25) is 0 Å². The van der Waals surface area contributed by atoms with E-state index in [4.69, 9.17) is 0 Å². The SMILES string of the molecule is COC(=O)[C@@H](NC(=O)c1c[nH]c(C)cc1=O)C(C)C. The number of hydrogen-bond acceptors (Lipinski definition) is 4. The molecule has 0 unspecified atom stereocenters. The number of aryl methyl sites for hydroxylation is 1. The van der Waals surface area contributed by atoms with Crippen LogP contribution in [-0.4, -0.2) is 30.0 Å². The van der Waals surface area contributed by atoms with E-state index in [0.717, 1.165) is 0 Å². The van der Waals surface area contributed by atoms with Crippen LogP contribution in [0.15, 0.2) is 17.1 Å². The van der Waals surface area contributed by atoms with Crippen LogP contribution in [0.5, 0.6) is 0 Å². The molecule has 0 saturated heterocycles. The van der Waals surface area contributed by atoms with Crippen molar-refractivity contribution in [2.24, 2.45) is 5.92 Å². The first-order valence-electron chi connectivity index (χ1n) is 5.94. The van der Waals surface area contributed by atoms with Gasteiger partial charge in [0.15, 0.2) is 5.43 Å². The Labute approximate surface area is 111 Å². The molecule has 19 heavy (non-hydrogen) atoms. The quantitative estimate of drug-likeness (QED) is 0.781. The summed E-state index contributed by atoms with van der Waals surface area (Å²) in [6.45, 7) is 5.27. The van der Waals surface area contributed by atoms with Crippen LogP contribution in [-0.2, 0) is 9.53 Å². The lowest BCUT2D eigenvalue weighted by Crippen LogP contribution is -2.46. The van der Waals surface area contributed by atoms with Crippen molar-refractivity contribution in [2.45, 2.75) is 26.8 Å². The molecule has 0 radical (unpaired) electrons. The van der Waals surface area contributed by atoms with Crippen molar-refractivity contribution in [2.75, 3.05) is 7.11 Å². The molecule has 1 amide bonds. The van der Waals surface area contributed by atoms with Gasteiger partial charge in [-0.1, -0.05) is 13.8 Å². The van der Waals surface area contributed by atoms with Crippen LogP contribution in [0.3, 0.4) is 0 Å². The lowest BCUT2D eigenvalue weighted by Gasteiger charge is -2.19. The van der Waals surface area contributed by atoms with Crippen LogP contribution in [0.1, 0.15) is 29.9 Å². The van der Waals surface area contributed by atoms with Crippen LogP contribution < -0.4 is 10.7 Å². The number of aromatic nitrogens is 1. The largest absolute Gasteiger partial charge is 0.467 e. The van der Waals surface area contributed by atoms with Gasteiger partial charge in [0.2, 0.25) is 0 Å². The number of nitrogens with one attached hydrogen (secondary N) is 2. The van der Waals surface area contributed by atoms with E-state index in [1.54, 1.807) is 20.8 Å². The summed E-state index contributed by atoms with van der Waals surface area (Å²) in [5.41, 5.74) is 0.246. The minimum Gasteiger partial charge on any atom is -0.467 e. The van der Waals surface area contributed by atoms with Crippen molar-refractivity contribution in [3.63, 3.8) is 0 Å². The lowest BCUT2D eigenvalue weighted by atomic mass is 10.0. The van der Waals surface area contributed by atoms with E-state index in [2.05, 4.69) is 15.0 Å². The smallest absolute Gasteiger partial charge is 0.328 e. The molecule has 0 fully saturated rings. The fourth-order valence-electron chi connectivity index (χ4n) is 1.59. The molecule has 0 saturated carbocycles. The van der Waals surface area contributed by atoms with E-state index >= 15 is 0 Å². The molecule has 1 rings (SSSR count). The van der Waals surface area contributed by atoms with Crippen molar-refractivity contribution < 1.29 is 14.3 Å². The number of methoxy groups -OCH3 is 1. The van der Waals surface area contributed by atoms with E-state index in [-0.39, 0.29) is 16.9 Å². The number of aromatic amines is 1. The van der Waals surface area contributed by atoms with Crippen LogP contribution >= 0.6 is 0 Å². The first-order chi connectivity index (χ1) is 8.86. The number of carbonyl (C=O) groups excluding carboxylic acids is 2. The van der Waals surface area contributed by atoms with Gasteiger partial charge in [0.1, 0.15) is 11.6 Å². The summed E-state index contributed by atoms with van der Waals surface area (Å²) in [5, 5.41) is 2.51. The predicted octanol–water partition coefficient (Wildman–Crippen LogP) is 0.611. The molecule has 1 atom stereocenters. The normalized spacial score (nSPS) is 12.1. The maximum atomic E-state index is 12.0. The summed E-state index contributed by atoms with van der Waals surface area (Å²) in [4.78, 5) is 38.0. The van der Waals surface area contributed by atoms with Gasteiger partial charge < -0.3 is 15.0 Å². The molecule has 1 aromatic heterocycles. The summed E-state index contributed by atoms with van der Waals surface area (Å²) >= 11 is 0. The Morgan fingerprint density at radius 1 is 1.37 bits per heavy atom. The summed E-state index contributed by atoms with van der Waals surface area (Å²) in [5.74, 6) is -1.27. The van der Waals surface area contributed by atoms with Gasteiger partial charge in [-0.2, -0.15) is 0 Å². The van der Waals surface area contributed by atoms with Gasteiger partial charge in [0.25, 0.3) is 5.91 Å². The zero-order valence-corrected chi connectivity index (χ0v) is 11.4. The van der Waals surface area contributed by atoms with Gasteiger partial charge in [-0.05, 0) is 12.8 Å². The highest BCUT2D eigenvalue weighted by molar-refractivity contribution is 5.96. The fourth-order valence-corrected chi connectivity index (χ4v) is 1.59. The third-order valence-corrected chi connectivity index (χ3v) is 2.71. The lowest BCUT2D eigenvalue weighted by molar-refractivity contribution is -0.144. The summed E-state index contributed by atoms with van der Waals surface area (Å²) in [7, 11) is 1.25. The van der Waals surface area contributed by atoms with Crippen LogP contribution in [0, 0.1) is 12.8 Å². The number of pyridine rings is 1. The van der Waals surface area contributed by atoms with Crippen LogP contribution in [0.25, 0.3) is 0 Å². The van der Waals surface area contributed by atoms with E-state index in [0.29, 0.717) is 5.69 Å². The van der Waals surface area contributed by atoms with Crippen molar-refractivity contribution in [1.82, 2.24) is 10.3 Å². The second-order valence-corrected chi connectivity index (χ2v) is 4.61. The Morgan fingerprint density at radius 2 is 2.00 bits per heavy atom. The topological polar surface area (TPSA) is 88.3 Å². The molecular weight excluding hydrogens is 248 g/mol. The Morgan fingerprint density at radius 3 is 2.47 bits per heavy atom. The molecule has 1 heterocycles. The number of esters is 1. The number of carbonyl (C=O) groups is 2. The number of rotatable bonds is 4. The number of amides is 1. The predicted molar refractivity (Wildman–Crippen MR) is 69.9 cm³/mol. The molecule has 0 aliphatic carbocycles. The summed E-state index contributed by atoms with van der Waals surface area (Å²) in [6, 6.07) is 0.551. The Kier molecular flexibility index (Phi) is 4.86. The Balaban J connectivity index is 2.94. The molecule has 6 nitrogen and oxygen atoms in total. The minimum atomic E-state index is -0.779. The van der Waals surface area contributed by atoms with Crippen LogP contribution in [0.4, 0.5) is 0 Å². The average molecular weight is 266 g/mol. The fraction of sp³-hybridized carbons (Fsp3) is 0.462. The first-order valence-corrected chi connectivity index (χ1v) is 5.94. The van der Waals surface area contributed by atoms with Gasteiger partial charge in [-0.25, -0.2) is 4.79 Å². The zero-order valence-electron chi connectivity index (χ0n) is 11.4. The van der Waals surface area contributed by atoms with Gasteiger partial charge >= 0.3 is 5.97 Å². The molecule has 1 aromatic rings. The molecule has 0 aromatic carbocycles. The Bertz CT molecular complexity index is 534. The molecule has 2 N–H and O–H groups in total. The molecule has 104 valence electrons. The number of H-pyrrole nitrogens is 1. The molecule has 0 spiro atoms. The van der Waals surface area contributed by atoms with Crippen molar-refractivity contribution in [3.8, 4) is 0 Å². The van der Waals surface area contributed by atoms with Gasteiger partial charge in [0, 0.05) is 18.0 Å². The van der Waals surface area contributed by atoms with E-state index in [1.807, 2.05) is 0 Å². The summed E-state index contributed by atoms with van der Waals surface area (Å²) < 4.78 is 4.62. The minimum absolute atomic E-state index is 0.0276. The summed E-state index contributed by atoms with van der Waals surface area (Å²) in [6.07, 6.45) is 1.33. The Hall–Kier alpha value is -2.11. The number of ether oxygens (including phenoxy) is 1. The second-order valence-electron chi connectivity index (χ2n) is 4.61. The molecule has 0 aliphatic heterocycles. The number of hydrogen-bond donors (Lipinski definition) is 2. The van der Waals surface area contributed by atoms with Gasteiger partial charge in [-0.15, -0.1) is 0 Å². The van der Waals surface area contributed by atoms with E-state index < -0.39 is 17.9 Å². The highest BCUT2D eigenvalue weighted by atomic mass is 16.5. The molecule has 6 heteroatoms. The zero-order chi connectivity index (χ0) is 14.6. The monoisotopic (exact) mass is 266 g/mol. The maximum absolute atomic E-state index is 12.0. The van der Waals surface area contributed by atoms with Gasteiger partial charge in [-0.3, -0.25) is 9.59 Å².